The molecule has 13 heavy (non-hydrogen) atoms. The van der Waals surface area contributed by atoms with Crippen LogP contribution in [0, 0.1) is 0 Å². The van der Waals surface area contributed by atoms with Gasteiger partial charge in [0, 0.05) is 20.1 Å². The minimum absolute atomic E-state index is 0.0542. The normalized spacial score (nSPS) is 11.7. The molecule has 0 atom stereocenters. The topological polar surface area (TPSA) is 18.5 Å². The van der Waals surface area contributed by atoms with Crippen molar-refractivity contribution in [3.8, 4) is 0 Å². The number of ether oxygens (including phenoxy) is 2. The second kappa shape index (κ2) is 10.0. The molecule has 0 saturated carbocycles. The number of alkyl halides is 1. The van der Waals surface area contributed by atoms with Crippen LogP contribution in [-0.2, 0) is 9.47 Å². The lowest BCUT2D eigenvalue weighted by molar-refractivity contribution is -0.106. The van der Waals surface area contributed by atoms with Gasteiger partial charge in [-0.3, -0.25) is 0 Å². The van der Waals surface area contributed by atoms with Crippen LogP contribution >= 0.6 is 11.6 Å². The van der Waals surface area contributed by atoms with Gasteiger partial charge in [0.2, 0.25) is 0 Å². The van der Waals surface area contributed by atoms with Crippen molar-refractivity contribution in [3.63, 3.8) is 0 Å². The number of hydrogen-bond acceptors (Lipinski definition) is 2. The van der Waals surface area contributed by atoms with Crippen LogP contribution in [-0.4, -0.2) is 26.4 Å². The van der Waals surface area contributed by atoms with E-state index >= 15 is 0 Å². The minimum Gasteiger partial charge on any atom is -0.356 e. The number of unbranched alkanes of at least 4 members (excludes halogenated alkanes) is 1. The fraction of sp³-hybridized carbons (Fsp3) is 0.800. The summed E-state index contributed by atoms with van der Waals surface area (Å²) >= 11 is 5.52. The molecule has 0 aliphatic carbocycles. The first kappa shape index (κ1) is 12.9. The highest BCUT2D eigenvalue weighted by Gasteiger charge is 2.02. The van der Waals surface area contributed by atoms with E-state index in [4.69, 9.17) is 21.1 Å². The smallest absolute Gasteiger partial charge is 0.156 e. The molecule has 0 unspecified atom stereocenters. The van der Waals surface area contributed by atoms with E-state index in [9.17, 15) is 0 Å². The van der Waals surface area contributed by atoms with Gasteiger partial charge in [-0.15, -0.1) is 11.6 Å². The molecule has 2 nitrogen and oxygen atoms in total. The Hall–Kier alpha value is -0.0500. The van der Waals surface area contributed by atoms with Crippen LogP contribution in [0.2, 0.25) is 0 Å². The molecule has 3 heteroatoms. The zero-order valence-corrected chi connectivity index (χ0v) is 9.22. The highest BCUT2D eigenvalue weighted by molar-refractivity contribution is 6.17. The van der Waals surface area contributed by atoms with E-state index in [2.05, 4.69) is 12.2 Å². The number of methoxy groups -OCH3 is 2. The molecule has 0 bridgehead atoms. The monoisotopic (exact) mass is 206 g/mol. The highest BCUT2D eigenvalue weighted by Crippen LogP contribution is 2.05. The average Bonchev–Trinajstić information content (AvgIpc) is 2.17. The standard InChI is InChI=1S/C10H19ClO2/c1-12-10(13-2)8-6-4-3-5-7-9-11/h3,5,10H,4,6-9H2,1-2H3/b5-3+. The molecule has 0 aromatic carbocycles. The third-order valence-electron chi connectivity index (χ3n) is 1.78. The van der Waals surface area contributed by atoms with Crippen molar-refractivity contribution in [1.29, 1.82) is 0 Å². The summed E-state index contributed by atoms with van der Waals surface area (Å²) in [5.74, 6) is 0.704. The summed E-state index contributed by atoms with van der Waals surface area (Å²) in [5, 5.41) is 0. The van der Waals surface area contributed by atoms with Crippen LogP contribution in [0.4, 0.5) is 0 Å². The molecule has 0 radical (unpaired) electrons. The summed E-state index contributed by atoms with van der Waals surface area (Å²) in [5.41, 5.74) is 0. The minimum atomic E-state index is -0.0542. The van der Waals surface area contributed by atoms with Crippen LogP contribution < -0.4 is 0 Å². The van der Waals surface area contributed by atoms with Gasteiger partial charge in [-0.1, -0.05) is 12.2 Å². The molecule has 0 aromatic heterocycles. The molecule has 0 rings (SSSR count). The number of allylic oxidation sites excluding steroid dienone is 2. The third-order valence-corrected chi connectivity index (χ3v) is 2.00. The van der Waals surface area contributed by atoms with E-state index < -0.39 is 0 Å². The van der Waals surface area contributed by atoms with Gasteiger partial charge in [0.1, 0.15) is 0 Å². The maximum absolute atomic E-state index is 5.52. The molecule has 0 spiro atoms. The molecule has 0 aromatic rings. The fourth-order valence-electron chi connectivity index (χ4n) is 1.03. The Labute approximate surface area is 85.9 Å². The van der Waals surface area contributed by atoms with Crippen LogP contribution in [0.3, 0.4) is 0 Å². The Morgan fingerprint density at radius 2 is 1.77 bits per heavy atom. The quantitative estimate of drug-likeness (QED) is 0.263. The lowest BCUT2D eigenvalue weighted by Gasteiger charge is -2.11. The number of halogens is 1. The summed E-state index contributed by atoms with van der Waals surface area (Å²) in [6.45, 7) is 0. The van der Waals surface area contributed by atoms with Gasteiger partial charge in [0.15, 0.2) is 6.29 Å². The molecular weight excluding hydrogens is 188 g/mol. The first-order valence-corrected chi connectivity index (χ1v) is 5.15. The predicted molar refractivity (Wildman–Crippen MR) is 56.1 cm³/mol. The van der Waals surface area contributed by atoms with Gasteiger partial charge in [0.25, 0.3) is 0 Å². The van der Waals surface area contributed by atoms with Crippen LogP contribution in [0.25, 0.3) is 0 Å². The van der Waals surface area contributed by atoms with Crippen molar-refractivity contribution in [2.45, 2.75) is 32.0 Å². The molecule has 0 amide bonds. The van der Waals surface area contributed by atoms with Crippen molar-refractivity contribution in [1.82, 2.24) is 0 Å². The second-order valence-corrected chi connectivity index (χ2v) is 3.16. The summed E-state index contributed by atoms with van der Waals surface area (Å²) in [6, 6.07) is 0. The summed E-state index contributed by atoms with van der Waals surface area (Å²) in [4.78, 5) is 0. The summed E-state index contributed by atoms with van der Waals surface area (Å²) in [6.07, 6.45) is 8.27. The van der Waals surface area contributed by atoms with Crippen molar-refractivity contribution in [2.75, 3.05) is 20.1 Å². The van der Waals surface area contributed by atoms with Crippen molar-refractivity contribution in [3.05, 3.63) is 12.2 Å². The molecule has 0 aliphatic heterocycles. The first-order chi connectivity index (χ1) is 6.35. The van der Waals surface area contributed by atoms with E-state index in [1.54, 1.807) is 14.2 Å². The van der Waals surface area contributed by atoms with Crippen LogP contribution in [0.1, 0.15) is 25.7 Å². The van der Waals surface area contributed by atoms with Crippen LogP contribution in [0.15, 0.2) is 12.2 Å². The first-order valence-electron chi connectivity index (χ1n) is 4.61. The largest absolute Gasteiger partial charge is 0.356 e. The number of hydrogen-bond donors (Lipinski definition) is 0. The van der Waals surface area contributed by atoms with Gasteiger partial charge in [-0.2, -0.15) is 0 Å². The average molecular weight is 207 g/mol. The van der Waals surface area contributed by atoms with Crippen molar-refractivity contribution in [2.24, 2.45) is 0 Å². The van der Waals surface area contributed by atoms with E-state index in [1.807, 2.05) is 0 Å². The van der Waals surface area contributed by atoms with Gasteiger partial charge in [-0.05, 0) is 25.7 Å². The second-order valence-electron chi connectivity index (χ2n) is 2.78. The molecule has 0 N–H and O–H groups in total. The Kier molecular flexibility index (Phi) is 10.00. The molecular formula is C10H19ClO2. The Morgan fingerprint density at radius 3 is 2.31 bits per heavy atom. The van der Waals surface area contributed by atoms with Gasteiger partial charge < -0.3 is 9.47 Å². The lowest BCUT2D eigenvalue weighted by Crippen LogP contribution is -2.12. The molecule has 78 valence electrons. The fourth-order valence-corrected chi connectivity index (χ4v) is 1.16. The zero-order valence-electron chi connectivity index (χ0n) is 8.46. The third kappa shape index (κ3) is 8.28. The maximum Gasteiger partial charge on any atom is 0.156 e. The summed E-state index contributed by atoms with van der Waals surface area (Å²) in [7, 11) is 3.33. The van der Waals surface area contributed by atoms with E-state index in [1.165, 1.54) is 0 Å². The van der Waals surface area contributed by atoms with Gasteiger partial charge >= 0.3 is 0 Å². The summed E-state index contributed by atoms with van der Waals surface area (Å²) < 4.78 is 10.1. The molecule has 0 heterocycles. The zero-order chi connectivity index (χ0) is 9.94. The van der Waals surface area contributed by atoms with Gasteiger partial charge in [0.05, 0.1) is 0 Å². The van der Waals surface area contributed by atoms with Gasteiger partial charge in [-0.25, -0.2) is 0 Å². The maximum atomic E-state index is 5.52. The molecule has 0 fully saturated rings. The van der Waals surface area contributed by atoms with E-state index in [0.717, 1.165) is 25.7 Å². The number of rotatable bonds is 8. The SMILES string of the molecule is COC(CCC/C=C/CCCl)OC. The van der Waals surface area contributed by atoms with Crippen molar-refractivity contribution >= 4 is 11.6 Å². The Balaban J connectivity index is 3.23. The van der Waals surface area contributed by atoms with E-state index in [0.29, 0.717) is 5.88 Å². The molecule has 0 saturated heterocycles. The Bertz CT molecular complexity index is 122. The highest BCUT2D eigenvalue weighted by atomic mass is 35.5. The van der Waals surface area contributed by atoms with Crippen molar-refractivity contribution < 1.29 is 9.47 Å². The lowest BCUT2D eigenvalue weighted by atomic mass is 10.2. The molecule has 0 aliphatic rings. The Morgan fingerprint density at radius 1 is 1.15 bits per heavy atom. The van der Waals surface area contributed by atoms with E-state index in [-0.39, 0.29) is 6.29 Å². The van der Waals surface area contributed by atoms with Crippen LogP contribution in [0.5, 0.6) is 0 Å². The predicted octanol–water partition coefficient (Wildman–Crippen LogP) is 2.96.